The fourth-order valence-corrected chi connectivity index (χ4v) is 2.43. The van der Waals surface area contributed by atoms with Crippen LogP contribution in [0.15, 0.2) is 0 Å². The highest BCUT2D eigenvalue weighted by Crippen LogP contribution is 2.25. The number of hydrogen-bond acceptors (Lipinski definition) is 5. The van der Waals surface area contributed by atoms with Crippen LogP contribution in [0.2, 0.25) is 0 Å². The maximum absolute atomic E-state index is 12.4. The summed E-state index contributed by atoms with van der Waals surface area (Å²) in [5, 5.41) is 6.80. The number of carbonyl (C=O) groups excluding carboxylic acids is 2. The lowest BCUT2D eigenvalue weighted by Crippen LogP contribution is -2.31. The van der Waals surface area contributed by atoms with Crippen LogP contribution in [0.3, 0.4) is 0 Å². The summed E-state index contributed by atoms with van der Waals surface area (Å²) < 4.78 is 4.77. The molecular weight excluding hydrogens is 272 g/mol. The van der Waals surface area contributed by atoms with E-state index in [1.54, 1.807) is 4.90 Å². The molecular formula is C14H22N4O3. The van der Waals surface area contributed by atoms with Crippen molar-refractivity contribution in [2.24, 2.45) is 11.8 Å². The Morgan fingerprint density at radius 3 is 2.52 bits per heavy atom. The lowest BCUT2D eigenvalue weighted by atomic mass is 9.96. The van der Waals surface area contributed by atoms with Crippen LogP contribution in [0.5, 0.6) is 0 Å². The minimum Gasteiger partial charge on any atom is -0.469 e. The van der Waals surface area contributed by atoms with Crippen molar-refractivity contribution in [3.8, 4) is 0 Å². The number of amides is 1. The molecule has 0 saturated carbocycles. The number of nitrogens with one attached hydrogen (secondary N) is 1. The number of aromatic amines is 1. The second-order valence-corrected chi connectivity index (χ2v) is 6.57. The average molecular weight is 294 g/mol. The van der Waals surface area contributed by atoms with Gasteiger partial charge >= 0.3 is 5.97 Å². The molecule has 2 heterocycles. The third-order valence-electron chi connectivity index (χ3n) is 3.79. The van der Waals surface area contributed by atoms with E-state index >= 15 is 0 Å². The molecule has 7 heteroatoms. The van der Waals surface area contributed by atoms with Crippen LogP contribution in [-0.2, 0) is 14.9 Å². The zero-order valence-electron chi connectivity index (χ0n) is 13.1. The highest BCUT2D eigenvalue weighted by molar-refractivity contribution is 5.91. The number of aromatic nitrogens is 3. The van der Waals surface area contributed by atoms with Gasteiger partial charge in [-0.3, -0.25) is 14.7 Å². The Hall–Kier alpha value is -1.92. The minimum absolute atomic E-state index is 0.0717. The Balaban J connectivity index is 2.11. The smallest absolute Gasteiger partial charge is 0.310 e. The fourth-order valence-electron chi connectivity index (χ4n) is 2.43. The second kappa shape index (κ2) is 5.46. The Bertz CT molecular complexity index is 547. The summed E-state index contributed by atoms with van der Waals surface area (Å²) in [7, 11) is 1.37. The number of likely N-dealkylation sites (tertiary alicyclic amines) is 1. The van der Waals surface area contributed by atoms with E-state index in [1.165, 1.54) is 7.11 Å². The van der Waals surface area contributed by atoms with Gasteiger partial charge in [-0.2, -0.15) is 0 Å². The zero-order chi connectivity index (χ0) is 15.8. The van der Waals surface area contributed by atoms with Crippen LogP contribution in [0.1, 0.15) is 44.1 Å². The van der Waals surface area contributed by atoms with E-state index in [0.717, 1.165) is 0 Å². The van der Waals surface area contributed by atoms with E-state index in [4.69, 9.17) is 4.74 Å². The largest absolute Gasteiger partial charge is 0.469 e. The van der Waals surface area contributed by atoms with Gasteiger partial charge in [-0.1, -0.05) is 27.7 Å². The van der Waals surface area contributed by atoms with Gasteiger partial charge in [0.2, 0.25) is 5.82 Å². The molecule has 0 bridgehead atoms. The van der Waals surface area contributed by atoms with Crippen molar-refractivity contribution in [3.63, 3.8) is 0 Å². The molecule has 2 atom stereocenters. The molecule has 2 unspecified atom stereocenters. The van der Waals surface area contributed by atoms with E-state index in [-0.39, 0.29) is 35.0 Å². The number of esters is 1. The number of H-pyrrole nitrogens is 1. The number of hydrogen-bond donors (Lipinski definition) is 1. The monoisotopic (exact) mass is 294 g/mol. The number of ether oxygens (including phenoxy) is 1. The SMILES string of the molecule is COC(=O)C1CN(C(=O)c2n[nH]c(C(C)(C)C)n2)CC1C. The Kier molecular flexibility index (Phi) is 4.02. The summed E-state index contributed by atoms with van der Waals surface area (Å²) >= 11 is 0. The molecule has 1 aliphatic rings. The molecule has 0 aromatic carbocycles. The zero-order valence-corrected chi connectivity index (χ0v) is 13.1. The van der Waals surface area contributed by atoms with Gasteiger partial charge in [-0.05, 0) is 5.92 Å². The molecule has 116 valence electrons. The number of rotatable bonds is 2. The highest BCUT2D eigenvalue weighted by atomic mass is 16.5. The first kappa shape index (κ1) is 15.5. The predicted octanol–water partition coefficient (Wildman–Crippen LogP) is 0.983. The summed E-state index contributed by atoms with van der Waals surface area (Å²) in [4.78, 5) is 30.0. The van der Waals surface area contributed by atoms with Crippen LogP contribution >= 0.6 is 0 Å². The van der Waals surface area contributed by atoms with Crippen molar-refractivity contribution < 1.29 is 14.3 Å². The lowest BCUT2D eigenvalue weighted by Gasteiger charge is -2.14. The summed E-state index contributed by atoms with van der Waals surface area (Å²) in [6.45, 7) is 8.78. The predicted molar refractivity (Wildman–Crippen MR) is 75.7 cm³/mol. The van der Waals surface area contributed by atoms with Crippen LogP contribution in [0, 0.1) is 11.8 Å². The molecule has 1 aromatic heterocycles. The normalized spacial score (nSPS) is 22.4. The Morgan fingerprint density at radius 1 is 1.33 bits per heavy atom. The van der Waals surface area contributed by atoms with Gasteiger partial charge in [0.1, 0.15) is 5.82 Å². The first-order valence-corrected chi connectivity index (χ1v) is 7.04. The summed E-state index contributed by atoms with van der Waals surface area (Å²) in [5.41, 5.74) is -0.196. The van der Waals surface area contributed by atoms with Gasteiger partial charge in [0.05, 0.1) is 13.0 Å². The minimum atomic E-state index is -0.278. The van der Waals surface area contributed by atoms with E-state index in [0.29, 0.717) is 18.9 Å². The molecule has 2 rings (SSSR count). The number of methoxy groups -OCH3 is 1. The van der Waals surface area contributed by atoms with Gasteiger partial charge in [-0.25, -0.2) is 4.98 Å². The lowest BCUT2D eigenvalue weighted by molar-refractivity contribution is -0.146. The molecule has 21 heavy (non-hydrogen) atoms. The first-order valence-electron chi connectivity index (χ1n) is 7.04. The summed E-state index contributed by atoms with van der Waals surface area (Å²) in [6.07, 6.45) is 0. The van der Waals surface area contributed by atoms with Gasteiger partial charge < -0.3 is 9.64 Å². The molecule has 1 N–H and O–H groups in total. The maximum Gasteiger partial charge on any atom is 0.310 e. The molecule has 1 aromatic rings. The Morgan fingerprint density at radius 2 is 2.00 bits per heavy atom. The van der Waals surface area contributed by atoms with Gasteiger partial charge in [0, 0.05) is 18.5 Å². The van der Waals surface area contributed by atoms with Crippen molar-refractivity contribution in [1.29, 1.82) is 0 Å². The van der Waals surface area contributed by atoms with Crippen LogP contribution in [0.25, 0.3) is 0 Å². The molecule has 1 fully saturated rings. The number of carbonyl (C=O) groups is 2. The van der Waals surface area contributed by atoms with Crippen molar-refractivity contribution in [3.05, 3.63) is 11.6 Å². The van der Waals surface area contributed by atoms with E-state index < -0.39 is 0 Å². The van der Waals surface area contributed by atoms with E-state index in [2.05, 4.69) is 15.2 Å². The third kappa shape index (κ3) is 3.06. The highest BCUT2D eigenvalue weighted by Gasteiger charge is 2.39. The molecule has 1 amide bonds. The molecule has 1 aliphatic heterocycles. The van der Waals surface area contributed by atoms with E-state index in [1.807, 2.05) is 27.7 Å². The second-order valence-electron chi connectivity index (χ2n) is 6.57. The Labute approximate surface area is 124 Å². The third-order valence-corrected chi connectivity index (χ3v) is 3.79. The molecule has 1 saturated heterocycles. The van der Waals surface area contributed by atoms with Gasteiger partial charge in [0.25, 0.3) is 5.91 Å². The quantitative estimate of drug-likeness (QED) is 0.822. The van der Waals surface area contributed by atoms with Crippen LogP contribution < -0.4 is 0 Å². The van der Waals surface area contributed by atoms with E-state index in [9.17, 15) is 9.59 Å². The van der Waals surface area contributed by atoms with Crippen molar-refractivity contribution >= 4 is 11.9 Å². The summed E-state index contributed by atoms with van der Waals surface area (Å²) in [6, 6.07) is 0. The summed E-state index contributed by atoms with van der Waals surface area (Å²) in [5.74, 6) is 0.0887. The number of nitrogens with zero attached hydrogens (tertiary/aromatic N) is 3. The van der Waals surface area contributed by atoms with Crippen molar-refractivity contribution in [2.45, 2.75) is 33.1 Å². The van der Waals surface area contributed by atoms with Crippen LogP contribution in [-0.4, -0.2) is 52.2 Å². The van der Waals surface area contributed by atoms with Crippen LogP contribution in [0.4, 0.5) is 0 Å². The van der Waals surface area contributed by atoms with Crippen molar-refractivity contribution in [2.75, 3.05) is 20.2 Å². The first-order chi connectivity index (χ1) is 9.74. The van der Waals surface area contributed by atoms with Gasteiger partial charge in [-0.15, -0.1) is 5.10 Å². The van der Waals surface area contributed by atoms with Crippen molar-refractivity contribution in [1.82, 2.24) is 20.1 Å². The maximum atomic E-state index is 12.4. The standard InChI is InChI=1S/C14H22N4O3/c1-8-6-18(7-9(8)12(20)21-5)11(19)10-15-13(17-16-10)14(2,3)4/h8-9H,6-7H2,1-5H3,(H,15,16,17). The topological polar surface area (TPSA) is 88.2 Å². The van der Waals surface area contributed by atoms with Gasteiger partial charge in [0.15, 0.2) is 0 Å². The molecule has 7 nitrogen and oxygen atoms in total. The average Bonchev–Trinajstić information content (AvgIpc) is 3.03. The molecule has 0 aliphatic carbocycles. The molecule has 0 radical (unpaired) electrons. The fraction of sp³-hybridized carbons (Fsp3) is 0.714. The molecule has 0 spiro atoms.